The smallest absolute Gasteiger partial charge is 0.341 e. The van der Waals surface area contributed by atoms with E-state index in [9.17, 15) is 4.79 Å². The molecule has 2 fully saturated rings. The molecule has 1 aliphatic heterocycles. The first-order chi connectivity index (χ1) is 18.1. The van der Waals surface area contributed by atoms with Crippen LogP contribution >= 0.6 is 0 Å². The molecule has 190 valence electrons. The van der Waals surface area contributed by atoms with Crippen LogP contribution in [0.3, 0.4) is 0 Å². The van der Waals surface area contributed by atoms with Crippen LogP contribution in [0.1, 0.15) is 64.8 Å². The van der Waals surface area contributed by atoms with Gasteiger partial charge in [0.05, 0.1) is 30.4 Å². The summed E-state index contributed by atoms with van der Waals surface area (Å²) in [5.74, 6) is -0.0281. The zero-order valence-corrected chi connectivity index (χ0v) is 21.4. The van der Waals surface area contributed by atoms with Crippen LogP contribution in [0, 0.1) is 0 Å². The van der Waals surface area contributed by atoms with Gasteiger partial charge in [-0.05, 0) is 67.2 Å². The minimum absolute atomic E-state index is 0.129. The van der Waals surface area contributed by atoms with Crippen LogP contribution in [0.25, 0.3) is 16.8 Å². The standard InChI is InChI=1S/C29H32N6O2/c1-33-19-27(31-32-33)24-16-25(24)28-26(29(36)37-2)17-30-35(28)23-11-7-10-22(15-23)21-9-6-8-20(14-21)18-34-12-4-3-5-13-34/h6-11,14-15,17,19,24-25H,3-5,12-13,16,18H2,1-2H3/t24-,25-/m1/s1. The summed E-state index contributed by atoms with van der Waals surface area (Å²) in [6.07, 6.45) is 8.39. The Balaban J connectivity index is 1.31. The number of aromatic nitrogens is 5. The van der Waals surface area contributed by atoms with Crippen molar-refractivity contribution in [2.45, 2.75) is 44.1 Å². The quantitative estimate of drug-likeness (QED) is 0.345. The average Bonchev–Trinajstić information content (AvgIpc) is 3.38. The van der Waals surface area contributed by atoms with Crippen LogP contribution in [-0.4, -0.2) is 55.8 Å². The molecule has 37 heavy (non-hydrogen) atoms. The Kier molecular flexibility index (Phi) is 6.34. The van der Waals surface area contributed by atoms with E-state index in [1.54, 1.807) is 10.9 Å². The number of piperidine rings is 1. The van der Waals surface area contributed by atoms with E-state index >= 15 is 0 Å². The molecule has 2 atom stereocenters. The summed E-state index contributed by atoms with van der Waals surface area (Å²) < 4.78 is 8.70. The first-order valence-corrected chi connectivity index (χ1v) is 13.1. The van der Waals surface area contributed by atoms with Crippen molar-refractivity contribution in [2.24, 2.45) is 7.05 Å². The van der Waals surface area contributed by atoms with Crippen molar-refractivity contribution < 1.29 is 9.53 Å². The monoisotopic (exact) mass is 496 g/mol. The van der Waals surface area contributed by atoms with Crippen LogP contribution in [0.15, 0.2) is 60.9 Å². The maximum absolute atomic E-state index is 12.6. The van der Waals surface area contributed by atoms with E-state index in [2.05, 4.69) is 62.8 Å². The van der Waals surface area contributed by atoms with Gasteiger partial charge in [-0.15, -0.1) is 5.10 Å². The van der Waals surface area contributed by atoms with Gasteiger partial charge in [0, 0.05) is 31.6 Å². The van der Waals surface area contributed by atoms with E-state index in [0.29, 0.717) is 5.56 Å². The molecule has 1 saturated heterocycles. The lowest BCUT2D eigenvalue weighted by Gasteiger charge is -2.26. The van der Waals surface area contributed by atoms with Crippen LogP contribution in [0.2, 0.25) is 0 Å². The van der Waals surface area contributed by atoms with Gasteiger partial charge < -0.3 is 4.74 Å². The summed E-state index contributed by atoms with van der Waals surface area (Å²) in [5.41, 5.74) is 6.89. The number of aryl methyl sites for hydroxylation is 1. The van der Waals surface area contributed by atoms with E-state index in [4.69, 9.17) is 4.74 Å². The van der Waals surface area contributed by atoms with Crippen molar-refractivity contribution in [2.75, 3.05) is 20.2 Å². The molecule has 8 nitrogen and oxygen atoms in total. The maximum atomic E-state index is 12.6. The highest BCUT2D eigenvalue weighted by molar-refractivity contribution is 5.91. The third-order valence-corrected chi connectivity index (χ3v) is 7.56. The van der Waals surface area contributed by atoms with Gasteiger partial charge in [-0.2, -0.15) is 5.10 Å². The molecule has 6 rings (SSSR count). The molecule has 0 bridgehead atoms. The van der Waals surface area contributed by atoms with Crippen molar-refractivity contribution in [3.8, 4) is 16.8 Å². The fraction of sp³-hybridized carbons (Fsp3) is 0.379. The Morgan fingerprint density at radius 1 is 1.03 bits per heavy atom. The summed E-state index contributed by atoms with van der Waals surface area (Å²) in [5, 5.41) is 13.0. The van der Waals surface area contributed by atoms with E-state index in [-0.39, 0.29) is 17.8 Å². The summed E-state index contributed by atoms with van der Waals surface area (Å²) in [6.45, 7) is 3.35. The van der Waals surface area contributed by atoms with Gasteiger partial charge in [0.15, 0.2) is 0 Å². The number of benzene rings is 2. The normalized spacial score (nSPS) is 19.6. The minimum atomic E-state index is -0.368. The molecule has 0 amide bonds. The lowest BCUT2D eigenvalue weighted by molar-refractivity contribution is 0.0599. The molecular formula is C29H32N6O2. The Hall–Kier alpha value is -3.78. The second kappa shape index (κ2) is 9.94. The van der Waals surface area contributed by atoms with Crippen LogP contribution in [0.5, 0.6) is 0 Å². The fourth-order valence-corrected chi connectivity index (χ4v) is 5.59. The zero-order valence-electron chi connectivity index (χ0n) is 21.4. The third-order valence-electron chi connectivity index (χ3n) is 7.56. The van der Waals surface area contributed by atoms with Gasteiger partial charge in [0.2, 0.25) is 0 Å². The number of carbonyl (C=O) groups excluding carboxylic acids is 1. The number of likely N-dealkylation sites (tertiary alicyclic amines) is 1. The SMILES string of the molecule is COC(=O)c1cnn(-c2cccc(-c3cccc(CN4CCCCC4)c3)c2)c1[C@@H]1C[C@H]1c1cn(C)nn1. The summed E-state index contributed by atoms with van der Waals surface area (Å²) in [4.78, 5) is 15.2. The van der Waals surface area contributed by atoms with Gasteiger partial charge in [-0.1, -0.05) is 42.0 Å². The summed E-state index contributed by atoms with van der Waals surface area (Å²) >= 11 is 0. The summed E-state index contributed by atoms with van der Waals surface area (Å²) in [6, 6.07) is 17.2. The van der Waals surface area contributed by atoms with Crippen LogP contribution in [0.4, 0.5) is 0 Å². The Morgan fingerprint density at radius 2 is 1.81 bits per heavy atom. The molecule has 2 aliphatic rings. The van der Waals surface area contributed by atoms with E-state index in [1.807, 2.05) is 24.0 Å². The van der Waals surface area contributed by atoms with Gasteiger partial charge in [-0.25, -0.2) is 9.48 Å². The molecule has 0 spiro atoms. The second-order valence-corrected chi connectivity index (χ2v) is 10.2. The fourth-order valence-electron chi connectivity index (χ4n) is 5.59. The molecular weight excluding hydrogens is 464 g/mol. The molecule has 0 unspecified atom stereocenters. The highest BCUT2D eigenvalue weighted by Crippen LogP contribution is 2.55. The molecule has 3 heterocycles. The maximum Gasteiger partial charge on any atom is 0.341 e. The first kappa shape index (κ1) is 23.6. The number of rotatable bonds is 7. The highest BCUT2D eigenvalue weighted by Gasteiger charge is 2.46. The molecule has 0 radical (unpaired) electrons. The molecule has 8 heteroatoms. The number of methoxy groups -OCH3 is 1. The zero-order chi connectivity index (χ0) is 25.4. The van der Waals surface area contributed by atoms with Gasteiger partial charge >= 0.3 is 5.97 Å². The predicted octanol–water partition coefficient (Wildman–Crippen LogP) is 4.71. The topological polar surface area (TPSA) is 78.1 Å². The molecule has 1 aliphatic carbocycles. The van der Waals surface area contributed by atoms with Gasteiger partial charge in [0.1, 0.15) is 5.56 Å². The predicted molar refractivity (Wildman–Crippen MR) is 141 cm³/mol. The molecule has 2 aromatic carbocycles. The van der Waals surface area contributed by atoms with E-state index in [1.165, 1.54) is 50.6 Å². The Labute approximate surface area is 216 Å². The third kappa shape index (κ3) is 4.81. The van der Waals surface area contributed by atoms with Crippen molar-refractivity contribution in [1.29, 1.82) is 0 Å². The number of hydrogen-bond acceptors (Lipinski definition) is 6. The summed E-state index contributed by atoms with van der Waals surface area (Å²) in [7, 11) is 3.28. The molecule has 1 saturated carbocycles. The van der Waals surface area contributed by atoms with Crippen molar-refractivity contribution in [3.05, 3.63) is 83.4 Å². The van der Waals surface area contributed by atoms with E-state index in [0.717, 1.165) is 35.6 Å². The minimum Gasteiger partial charge on any atom is -0.465 e. The van der Waals surface area contributed by atoms with Crippen molar-refractivity contribution >= 4 is 5.97 Å². The lowest BCUT2D eigenvalue weighted by atomic mass is 10.0. The lowest BCUT2D eigenvalue weighted by Crippen LogP contribution is -2.29. The Bertz CT molecular complexity index is 1420. The number of carbonyl (C=O) groups is 1. The second-order valence-electron chi connectivity index (χ2n) is 10.2. The molecule has 4 aromatic rings. The van der Waals surface area contributed by atoms with Gasteiger partial charge in [0.25, 0.3) is 0 Å². The average molecular weight is 497 g/mol. The molecule has 0 N–H and O–H groups in total. The Morgan fingerprint density at radius 3 is 2.57 bits per heavy atom. The first-order valence-electron chi connectivity index (χ1n) is 13.1. The van der Waals surface area contributed by atoms with Crippen molar-refractivity contribution in [1.82, 2.24) is 29.7 Å². The van der Waals surface area contributed by atoms with Gasteiger partial charge in [-0.3, -0.25) is 9.58 Å². The van der Waals surface area contributed by atoms with Crippen LogP contribution in [-0.2, 0) is 18.3 Å². The largest absolute Gasteiger partial charge is 0.465 e. The number of ether oxygens (including phenoxy) is 1. The number of hydrogen-bond donors (Lipinski definition) is 0. The van der Waals surface area contributed by atoms with E-state index < -0.39 is 0 Å². The highest BCUT2D eigenvalue weighted by atomic mass is 16.5. The number of nitrogens with zero attached hydrogens (tertiary/aromatic N) is 6. The number of esters is 1. The molecule has 2 aromatic heterocycles. The van der Waals surface area contributed by atoms with Crippen LogP contribution < -0.4 is 0 Å². The van der Waals surface area contributed by atoms with Crippen molar-refractivity contribution in [3.63, 3.8) is 0 Å².